The zero-order chi connectivity index (χ0) is 41.6. The van der Waals surface area contributed by atoms with Crippen molar-refractivity contribution in [2.45, 2.75) is 93.9 Å². The van der Waals surface area contributed by atoms with Gasteiger partial charge in [0.05, 0.1) is 38.1 Å². The predicted molar refractivity (Wildman–Crippen MR) is 191 cm³/mol. The van der Waals surface area contributed by atoms with E-state index in [1.54, 1.807) is 0 Å². The molecular weight excluding hydrogens is 730 g/mol. The first kappa shape index (κ1) is 46.8. The van der Waals surface area contributed by atoms with Crippen LogP contribution in [0, 0.1) is 5.92 Å². The van der Waals surface area contributed by atoms with Gasteiger partial charge in [0.1, 0.15) is 48.3 Å². The number of carbonyl (C=O) groups excluding carboxylic acids is 6. The van der Waals surface area contributed by atoms with Gasteiger partial charge in [0, 0.05) is 25.4 Å². The van der Waals surface area contributed by atoms with Crippen LogP contribution in [0.2, 0.25) is 0 Å². The molecule has 11 unspecified atom stereocenters. The number of phenolic OH excluding ortho intramolecular Hbond substituents is 1. The van der Waals surface area contributed by atoms with E-state index in [-0.39, 0.29) is 31.7 Å². The number of hydrogen-bond acceptors (Lipinski definition) is 16. The number of hydrogen-bond donors (Lipinski definition) is 13. The summed E-state index contributed by atoms with van der Waals surface area (Å²) in [6.45, 7) is 0.153. The number of aromatic hydroxyl groups is 1. The summed E-state index contributed by atoms with van der Waals surface area (Å²) in [5, 5.41) is 91.2. The maximum Gasteiger partial charge on any atom is 0.248 e. The van der Waals surface area contributed by atoms with Crippen molar-refractivity contribution >= 4 is 35.8 Å². The summed E-state index contributed by atoms with van der Waals surface area (Å²) in [5.74, 6) is -5.92. The monoisotopic (exact) mass is 785 g/mol. The Labute approximate surface area is 317 Å². The van der Waals surface area contributed by atoms with Crippen molar-refractivity contribution in [2.75, 3.05) is 40.0 Å². The van der Waals surface area contributed by atoms with Crippen LogP contribution in [0.25, 0.3) is 0 Å². The van der Waals surface area contributed by atoms with Crippen LogP contribution in [0.1, 0.15) is 32.3 Å². The van der Waals surface area contributed by atoms with E-state index in [9.17, 15) is 69.6 Å². The van der Waals surface area contributed by atoms with Crippen LogP contribution in [0.3, 0.4) is 0 Å². The molecule has 1 heterocycles. The van der Waals surface area contributed by atoms with E-state index in [0.717, 1.165) is 9.80 Å². The van der Waals surface area contributed by atoms with Crippen LogP contribution in [-0.4, -0.2) is 187 Å². The number of nitrogens with two attached hydrogens (primary N) is 1. The number of aliphatic hydroxyl groups excluding tert-OH is 7. The number of likely N-dealkylation sites (tertiary alicyclic amines) is 1. The van der Waals surface area contributed by atoms with Gasteiger partial charge in [-0.25, -0.2) is 0 Å². The molecule has 0 bridgehead atoms. The van der Waals surface area contributed by atoms with E-state index in [2.05, 4.69) is 21.3 Å². The number of aliphatic hydroxyl groups is 7. The minimum atomic E-state index is -1.96. The summed E-state index contributed by atoms with van der Waals surface area (Å²) in [7, 11) is 1.40. The molecule has 0 saturated carbocycles. The molecule has 1 aromatic carbocycles. The van der Waals surface area contributed by atoms with Gasteiger partial charge in [0.15, 0.2) is 6.23 Å². The van der Waals surface area contributed by atoms with Gasteiger partial charge >= 0.3 is 0 Å². The molecule has 0 radical (unpaired) electrons. The van der Waals surface area contributed by atoms with Crippen molar-refractivity contribution in [3.63, 3.8) is 0 Å². The van der Waals surface area contributed by atoms with Gasteiger partial charge in [-0.1, -0.05) is 26.0 Å². The highest BCUT2D eigenvalue weighted by Gasteiger charge is 2.48. The number of aldehydes is 1. The number of phenols is 1. The minimum absolute atomic E-state index is 0.0475. The Bertz CT molecular complexity index is 1430. The zero-order valence-electron chi connectivity index (χ0n) is 30.9. The highest BCUT2D eigenvalue weighted by atomic mass is 16.3. The second-order valence-electron chi connectivity index (χ2n) is 13.3. The Kier molecular flexibility index (Phi) is 19.0. The maximum absolute atomic E-state index is 13.9. The summed E-state index contributed by atoms with van der Waals surface area (Å²) in [5.41, 5.74) is 5.87. The van der Waals surface area contributed by atoms with Crippen molar-refractivity contribution < 1.29 is 69.6 Å². The summed E-state index contributed by atoms with van der Waals surface area (Å²) >= 11 is 0. The Morgan fingerprint density at radius 2 is 1.58 bits per heavy atom. The molecule has 0 spiro atoms. The minimum Gasteiger partial charge on any atom is -0.508 e. The fourth-order valence-corrected chi connectivity index (χ4v) is 6.13. The van der Waals surface area contributed by atoms with Gasteiger partial charge in [-0.2, -0.15) is 0 Å². The lowest BCUT2D eigenvalue weighted by atomic mass is 9.99. The zero-order valence-corrected chi connectivity index (χ0v) is 30.9. The van der Waals surface area contributed by atoms with Crippen molar-refractivity contribution in [1.29, 1.82) is 0 Å². The molecule has 0 aromatic heterocycles. The standard InChI is InChI=1S/C34H55N7O14/c1-4-23(40(9-10-42)33(54)21(15-44)36-3)29(50)38-26(24(47)11-18-5-7-20(46)8-6-18)31(52)37-22(16-45)34(55)41-13-17(2)28(49)27(41)32(53)39-30(51)25(48)12-19(35)14-43/h5-8,14,17,19,21-28,30,36,42,44-49,51H,4,9-13,15-16,35H2,1-3H3,(H,37,52)(H,38,50)(H,39,53). The molecule has 14 N–H and O–H groups in total. The normalized spacial score (nSPS) is 21.2. The molecule has 21 nitrogen and oxygen atoms in total. The summed E-state index contributed by atoms with van der Waals surface area (Å²) < 4.78 is 0. The molecule has 5 amide bonds. The van der Waals surface area contributed by atoms with E-state index in [1.807, 2.05) is 0 Å². The van der Waals surface area contributed by atoms with Crippen molar-refractivity contribution in [3.8, 4) is 5.75 Å². The van der Waals surface area contributed by atoms with Crippen molar-refractivity contribution in [3.05, 3.63) is 29.8 Å². The van der Waals surface area contributed by atoms with Crippen molar-refractivity contribution in [1.82, 2.24) is 31.1 Å². The number of nitrogens with one attached hydrogen (secondary N) is 4. The van der Waals surface area contributed by atoms with Gasteiger partial charge in [0.25, 0.3) is 0 Å². The van der Waals surface area contributed by atoms with Crippen LogP contribution >= 0.6 is 0 Å². The van der Waals surface area contributed by atoms with Crippen LogP contribution in [0.15, 0.2) is 24.3 Å². The van der Waals surface area contributed by atoms with Crippen LogP contribution in [-0.2, 0) is 35.2 Å². The molecule has 0 aliphatic carbocycles. The molecule has 21 heteroatoms. The first-order valence-corrected chi connectivity index (χ1v) is 17.7. The third-order valence-electron chi connectivity index (χ3n) is 9.28. The van der Waals surface area contributed by atoms with E-state index in [1.165, 1.54) is 45.2 Å². The lowest BCUT2D eigenvalue weighted by Gasteiger charge is -2.34. The van der Waals surface area contributed by atoms with E-state index < -0.39 is 122 Å². The fourth-order valence-electron chi connectivity index (χ4n) is 6.13. The van der Waals surface area contributed by atoms with E-state index >= 15 is 0 Å². The van der Waals surface area contributed by atoms with Crippen LogP contribution < -0.4 is 27.0 Å². The highest BCUT2D eigenvalue weighted by Crippen LogP contribution is 2.25. The van der Waals surface area contributed by atoms with E-state index in [0.29, 0.717) is 11.8 Å². The molecule has 310 valence electrons. The molecule has 11 atom stereocenters. The molecule has 1 fully saturated rings. The van der Waals surface area contributed by atoms with Gasteiger partial charge in [-0.05, 0) is 37.6 Å². The molecule has 1 aromatic rings. The lowest BCUT2D eigenvalue weighted by Crippen LogP contribution is -2.63. The Morgan fingerprint density at radius 1 is 0.964 bits per heavy atom. The Balaban J connectivity index is 2.41. The SMILES string of the molecule is CCC(C(=O)NC(C(=O)NC(CO)C(=O)N1CC(C)C(O)C1C(=O)NC(O)C(O)CC(N)C=O)C(O)Cc1ccc(O)cc1)N(CCO)C(=O)C(CO)NC. The summed E-state index contributed by atoms with van der Waals surface area (Å²) in [6.07, 6.45) is -7.35. The first-order valence-electron chi connectivity index (χ1n) is 17.7. The molecule has 2 rings (SSSR count). The fraction of sp³-hybridized carbons (Fsp3) is 0.647. The topological polar surface area (TPSA) is 345 Å². The molecule has 1 aliphatic heterocycles. The number of rotatable bonds is 22. The average Bonchev–Trinajstić information content (AvgIpc) is 3.46. The number of amides is 5. The maximum atomic E-state index is 13.9. The van der Waals surface area contributed by atoms with Gasteiger partial charge in [0.2, 0.25) is 29.5 Å². The first-order chi connectivity index (χ1) is 26.0. The third kappa shape index (κ3) is 12.6. The van der Waals surface area contributed by atoms with Gasteiger partial charge < -0.3 is 82.4 Å². The Morgan fingerprint density at radius 3 is 2.11 bits per heavy atom. The van der Waals surface area contributed by atoms with Gasteiger partial charge in [-0.3, -0.25) is 24.0 Å². The van der Waals surface area contributed by atoms with Crippen LogP contribution in [0.5, 0.6) is 5.75 Å². The number of carbonyl (C=O) groups is 6. The smallest absolute Gasteiger partial charge is 0.248 e. The van der Waals surface area contributed by atoms with Crippen molar-refractivity contribution in [2.24, 2.45) is 11.7 Å². The summed E-state index contributed by atoms with van der Waals surface area (Å²) in [4.78, 5) is 80.5. The number of nitrogens with zero attached hydrogens (tertiary/aromatic N) is 2. The van der Waals surface area contributed by atoms with Gasteiger partial charge in [-0.15, -0.1) is 0 Å². The summed E-state index contributed by atoms with van der Waals surface area (Å²) in [6, 6.07) is -3.49. The second-order valence-corrected chi connectivity index (χ2v) is 13.3. The number of likely N-dealkylation sites (N-methyl/N-ethyl adjacent to an activating group) is 1. The van der Waals surface area contributed by atoms with E-state index in [4.69, 9.17) is 5.73 Å². The highest BCUT2D eigenvalue weighted by molar-refractivity contribution is 5.96. The molecule has 1 aliphatic rings. The second kappa shape index (κ2) is 22.3. The Hall–Kier alpha value is -4.32. The average molecular weight is 786 g/mol. The number of benzene rings is 1. The predicted octanol–water partition coefficient (Wildman–Crippen LogP) is -6.64. The largest absolute Gasteiger partial charge is 0.508 e. The lowest BCUT2D eigenvalue weighted by molar-refractivity contribution is -0.147. The molecular formula is C34H55N7O14. The van der Waals surface area contributed by atoms with Crippen LogP contribution in [0.4, 0.5) is 0 Å². The third-order valence-corrected chi connectivity index (χ3v) is 9.28. The molecule has 55 heavy (non-hydrogen) atoms. The quantitative estimate of drug-likeness (QED) is 0.0384. The molecule has 1 saturated heterocycles.